The standard InChI is InChI=1S/C13H13Cl2NO5/c1-19-12(18)6-16(11(17)4-14)5-8-2-9(15)13-10(3-8)20-7-21-13/h2-3H,4-7H2,1H3. The summed E-state index contributed by atoms with van der Waals surface area (Å²) >= 11 is 11.6. The van der Waals surface area contributed by atoms with Gasteiger partial charge in [0.25, 0.3) is 0 Å². The van der Waals surface area contributed by atoms with Gasteiger partial charge in [-0.2, -0.15) is 0 Å². The Labute approximate surface area is 131 Å². The van der Waals surface area contributed by atoms with Crippen LogP contribution in [0.4, 0.5) is 0 Å². The number of rotatable bonds is 5. The van der Waals surface area contributed by atoms with Gasteiger partial charge in [0.2, 0.25) is 12.7 Å². The molecule has 0 atom stereocenters. The summed E-state index contributed by atoms with van der Waals surface area (Å²) in [6.07, 6.45) is 0. The molecule has 0 aromatic heterocycles. The van der Waals surface area contributed by atoms with Crippen molar-refractivity contribution in [1.82, 2.24) is 4.90 Å². The lowest BCUT2D eigenvalue weighted by Gasteiger charge is -2.20. The molecule has 1 amide bonds. The van der Waals surface area contributed by atoms with Crippen LogP contribution in [-0.4, -0.2) is 43.1 Å². The second-order valence-electron chi connectivity index (χ2n) is 4.27. The minimum atomic E-state index is -0.527. The maximum atomic E-state index is 11.8. The van der Waals surface area contributed by atoms with Gasteiger partial charge in [0.1, 0.15) is 12.4 Å². The molecule has 1 aromatic carbocycles. The van der Waals surface area contributed by atoms with Crippen LogP contribution in [0.25, 0.3) is 0 Å². The highest BCUT2D eigenvalue weighted by Gasteiger charge is 2.21. The van der Waals surface area contributed by atoms with Crippen molar-refractivity contribution in [3.05, 3.63) is 22.7 Å². The number of hydrogen-bond acceptors (Lipinski definition) is 5. The third kappa shape index (κ3) is 3.71. The molecule has 0 saturated heterocycles. The number of ether oxygens (including phenoxy) is 3. The molecule has 0 spiro atoms. The topological polar surface area (TPSA) is 65.1 Å². The molecule has 0 aliphatic carbocycles. The number of alkyl halides is 1. The Balaban J connectivity index is 2.18. The lowest BCUT2D eigenvalue weighted by molar-refractivity contribution is -0.146. The van der Waals surface area contributed by atoms with E-state index in [2.05, 4.69) is 4.74 Å². The minimum absolute atomic E-state index is 0.102. The lowest BCUT2D eigenvalue weighted by Crippen LogP contribution is -2.36. The minimum Gasteiger partial charge on any atom is -0.468 e. The Morgan fingerprint density at radius 2 is 2.14 bits per heavy atom. The van der Waals surface area contributed by atoms with Crippen molar-refractivity contribution in [2.45, 2.75) is 6.54 Å². The average Bonchev–Trinajstić information content (AvgIpc) is 2.94. The summed E-state index contributed by atoms with van der Waals surface area (Å²) in [5, 5.41) is 0.386. The van der Waals surface area contributed by atoms with Crippen LogP contribution in [0.15, 0.2) is 12.1 Å². The molecule has 0 saturated carbocycles. The van der Waals surface area contributed by atoms with Crippen molar-refractivity contribution in [1.29, 1.82) is 0 Å². The van der Waals surface area contributed by atoms with E-state index in [0.29, 0.717) is 22.1 Å². The van der Waals surface area contributed by atoms with Gasteiger partial charge >= 0.3 is 5.97 Å². The smallest absolute Gasteiger partial charge is 0.325 e. The Kier molecular flexibility index (Phi) is 5.14. The molecular formula is C13H13Cl2NO5. The van der Waals surface area contributed by atoms with E-state index in [1.54, 1.807) is 12.1 Å². The van der Waals surface area contributed by atoms with E-state index >= 15 is 0 Å². The average molecular weight is 334 g/mol. The summed E-state index contributed by atoms with van der Waals surface area (Å²) in [5.41, 5.74) is 0.701. The summed E-state index contributed by atoms with van der Waals surface area (Å²) in [6.45, 7) is 0.0795. The summed E-state index contributed by atoms with van der Waals surface area (Å²) < 4.78 is 15.0. The molecule has 0 radical (unpaired) electrons. The number of halogens is 2. The van der Waals surface area contributed by atoms with Crippen LogP contribution in [0.2, 0.25) is 5.02 Å². The van der Waals surface area contributed by atoms with Gasteiger partial charge in [-0.25, -0.2) is 0 Å². The molecule has 2 rings (SSSR count). The van der Waals surface area contributed by atoms with Crippen molar-refractivity contribution in [2.75, 3.05) is 26.3 Å². The van der Waals surface area contributed by atoms with Gasteiger partial charge in [-0.1, -0.05) is 11.6 Å². The third-order valence-corrected chi connectivity index (χ3v) is 3.38. The monoisotopic (exact) mass is 333 g/mol. The Hall–Kier alpha value is -1.66. The van der Waals surface area contributed by atoms with Crippen LogP contribution >= 0.6 is 23.2 Å². The second kappa shape index (κ2) is 6.87. The second-order valence-corrected chi connectivity index (χ2v) is 4.95. The molecule has 0 N–H and O–H groups in total. The van der Waals surface area contributed by atoms with Gasteiger partial charge in [0, 0.05) is 6.54 Å². The van der Waals surface area contributed by atoms with Crippen molar-refractivity contribution < 1.29 is 23.8 Å². The molecule has 114 valence electrons. The predicted octanol–water partition coefficient (Wildman–Crippen LogP) is 1.81. The van der Waals surface area contributed by atoms with Gasteiger partial charge in [0.05, 0.1) is 12.1 Å². The molecule has 21 heavy (non-hydrogen) atoms. The molecular weight excluding hydrogens is 321 g/mol. The fraction of sp³-hybridized carbons (Fsp3) is 0.385. The third-order valence-electron chi connectivity index (χ3n) is 2.88. The number of hydrogen-bond donors (Lipinski definition) is 0. The highest BCUT2D eigenvalue weighted by Crippen LogP contribution is 2.40. The molecule has 0 unspecified atom stereocenters. The summed E-state index contributed by atoms with van der Waals surface area (Å²) in [6, 6.07) is 3.36. The van der Waals surface area contributed by atoms with Gasteiger partial charge in [-0.3, -0.25) is 9.59 Å². The van der Waals surface area contributed by atoms with E-state index in [9.17, 15) is 9.59 Å². The maximum Gasteiger partial charge on any atom is 0.325 e. The van der Waals surface area contributed by atoms with E-state index < -0.39 is 5.97 Å². The van der Waals surface area contributed by atoms with Crippen LogP contribution in [0.5, 0.6) is 11.5 Å². The largest absolute Gasteiger partial charge is 0.468 e. The van der Waals surface area contributed by atoms with Crippen molar-refractivity contribution >= 4 is 35.1 Å². The van der Waals surface area contributed by atoms with Gasteiger partial charge in [-0.05, 0) is 17.7 Å². The van der Waals surface area contributed by atoms with Crippen LogP contribution in [-0.2, 0) is 20.9 Å². The van der Waals surface area contributed by atoms with Crippen LogP contribution in [0.3, 0.4) is 0 Å². The van der Waals surface area contributed by atoms with Crippen LogP contribution < -0.4 is 9.47 Å². The molecule has 0 bridgehead atoms. The summed E-state index contributed by atoms with van der Waals surface area (Å²) in [5.74, 6) is -0.149. The van der Waals surface area contributed by atoms with E-state index in [4.69, 9.17) is 32.7 Å². The Morgan fingerprint density at radius 3 is 2.81 bits per heavy atom. The summed E-state index contributed by atoms with van der Waals surface area (Å²) in [7, 11) is 1.25. The van der Waals surface area contributed by atoms with Crippen molar-refractivity contribution in [2.24, 2.45) is 0 Å². The Bertz CT molecular complexity index is 564. The molecule has 0 fully saturated rings. The number of carbonyl (C=O) groups is 2. The normalized spacial score (nSPS) is 12.1. The molecule has 1 aliphatic rings. The number of carbonyl (C=O) groups excluding carboxylic acids is 2. The first-order valence-electron chi connectivity index (χ1n) is 6.03. The highest BCUT2D eigenvalue weighted by atomic mass is 35.5. The molecule has 8 heteroatoms. The molecule has 1 heterocycles. The number of esters is 1. The number of fused-ring (bicyclic) bond motifs is 1. The van der Waals surface area contributed by atoms with Gasteiger partial charge in [0.15, 0.2) is 11.5 Å². The molecule has 1 aliphatic heterocycles. The van der Waals surface area contributed by atoms with Gasteiger partial charge < -0.3 is 19.1 Å². The molecule has 6 nitrogen and oxygen atoms in total. The fourth-order valence-corrected chi connectivity index (χ4v) is 2.33. The van der Waals surface area contributed by atoms with E-state index in [1.807, 2.05) is 0 Å². The maximum absolute atomic E-state index is 11.8. The fourth-order valence-electron chi connectivity index (χ4n) is 1.87. The van der Waals surface area contributed by atoms with E-state index in [-0.39, 0.29) is 31.7 Å². The number of benzene rings is 1. The first kappa shape index (κ1) is 15.7. The summed E-state index contributed by atoms with van der Waals surface area (Å²) in [4.78, 5) is 24.4. The zero-order valence-corrected chi connectivity index (χ0v) is 12.7. The van der Waals surface area contributed by atoms with Crippen molar-refractivity contribution in [3.8, 4) is 11.5 Å². The first-order valence-corrected chi connectivity index (χ1v) is 6.95. The van der Waals surface area contributed by atoms with E-state index in [1.165, 1.54) is 12.0 Å². The SMILES string of the molecule is COC(=O)CN(Cc1cc(Cl)c2c(c1)OCO2)C(=O)CCl. The zero-order valence-electron chi connectivity index (χ0n) is 11.2. The lowest BCUT2D eigenvalue weighted by atomic mass is 10.2. The zero-order chi connectivity index (χ0) is 15.4. The predicted molar refractivity (Wildman–Crippen MR) is 75.7 cm³/mol. The number of amides is 1. The quantitative estimate of drug-likeness (QED) is 0.607. The first-order chi connectivity index (χ1) is 10.0. The van der Waals surface area contributed by atoms with Crippen LogP contribution in [0, 0.1) is 0 Å². The van der Waals surface area contributed by atoms with E-state index in [0.717, 1.165) is 0 Å². The number of methoxy groups -OCH3 is 1. The Morgan fingerprint density at radius 1 is 1.38 bits per heavy atom. The van der Waals surface area contributed by atoms with Gasteiger partial charge in [-0.15, -0.1) is 11.6 Å². The highest BCUT2D eigenvalue weighted by molar-refractivity contribution is 6.32. The number of nitrogens with zero attached hydrogens (tertiary/aromatic N) is 1. The van der Waals surface area contributed by atoms with Crippen LogP contribution in [0.1, 0.15) is 5.56 Å². The molecule has 1 aromatic rings. The van der Waals surface area contributed by atoms with Crippen molar-refractivity contribution in [3.63, 3.8) is 0 Å².